The normalized spacial score (nSPS) is 10.7. The summed E-state index contributed by atoms with van der Waals surface area (Å²) in [4.78, 5) is 31.2. The summed E-state index contributed by atoms with van der Waals surface area (Å²) in [5.41, 5.74) is 18.9. The summed E-state index contributed by atoms with van der Waals surface area (Å²) in [6.07, 6.45) is 0.751. The predicted octanol–water partition coefficient (Wildman–Crippen LogP) is 1.42. The molecule has 0 aliphatic carbocycles. The number of nitrogens with one attached hydrogen (secondary N) is 1. The van der Waals surface area contributed by atoms with E-state index in [9.17, 15) is 9.59 Å². The van der Waals surface area contributed by atoms with E-state index in [1.807, 2.05) is 24.3 Å². The molecule has 150 valence electrons. The van der Waals surface area contributed by atoms with E-state index in [1.165, 1.54) is 0 Å². The second-order valence-electron chi connectivity index (χ2n) is 6.33. The average Bonchev–Trinajstić information content (AvgIpc) is 2.71. The van der Waals surface area contributed by atoms with E-state index in [1.54, 1.807) is 18.2 Å². The number of primary amides is 1. The molecule has 0 spiro atoms. The lowest BCUT2D eigenvalue weighted by molar-refractivity contribution is -0.118. The third kappa shape index (κ3) is 4.96. The number of benzene rings is 2. The molecule has 0 saturated carbocycles. The number of fused-ring (bicyclic) bond motifs is 1. The molecule has 3 rings (SSSR count). The number of hydrogen-bond acceptors (Lipinski definition) is 7. The number of nitrogen functional groups attached to an aromatic ring is 1. The lowest BCUT2D eigenvalue weighted by atomic mass is 10.0. The molecule has 0 fully saturated rings. The number of hydrogen-bond donors (Lipinski definition) is 4. The number of ether oxygens (including phenoxy) is 1. The van der Waals surface area contributed by atoms with E-state index < -0.39 is 0 Å². The monoisotopic (exact) mass is 394 g/mol. The summed E-state index contributed by atoms with van der Waals surface area (Å²) < 4.78 is 5.85. The van der Waals surface area contributed by atoms with Gasteiger partial charge in [-0.25, -0.2) is 9.97 Å². The van der Waals surface area contributed by atoms with Gasteiger partial charge in [0.15, 0.2) is 0 Å². The minimum Gasteiger partial charge on any atom is -0.493 e. The van der Waals surface area contributed by atoms with Gasteiger partial charge in [0.2, 0.25) is 17.8 Å². The molecule has 7 N–H and O–H groups in total. The van der Waals surface area contributed by atoms with Gasteiger partial charge in [0.05, 0.1) is 24.4 Å². The summed E-state index contributed by atoms with van der Waals surface area (Å²) in [7, 11) is 0. The molecule has 9 heteroatoms. The van der Waals surface area contributed by atoms with Crippen LogP contribution in [0.25, 0.3) is 22.2 Å². The second-order valence-corrected chi connectivity index (χ2v) is 6.33. The van der Waals surface area contributed by atoms with Crippen molar-refractivity contribution < 1.29 is 14.3 Å². The molecule has 29 heavy (non-hydrogen) atoms. The summed E-state index contributed by atoms with van der Waals surface area (Å²) >= 11 is 0. The van der Waals surface area contributed by atoms with Gasteiger partial charge in [-0.15, -0.1) is 0 Å². The molecule has 0 unspecified atom stereocenters. The fraction of sp³-hybridized carbons (Fsp3) is 0.200. The maximum absolute atomic E-state index is 11.6. The number of nitrogens with two attached hydrogens (primary N) is 3. The van der Waals surface area contributed by atoms with Crippen molar-refractivity contribution in [2.75, 3.05) is 24.2 Å². The highest BCUT2D eigenvalue weighted by molar-refractivity contribution is 5.99. The van der Waals surface area contributed by atoms with E-state index in [2.05, 4.69) is 15.3 Å². The Morgan fingerprint density at radius 1 is 1.10 bits per heavy atom. The number of carbonyl (C=O) groups excluding carboxylic acids is 2. The summed E-state index contributed by atoms with van der Waals surface area (Å²) in [6, 6.07) is 12.6. The zero-order chi connectivity index (χ0) is 20.8. The zero-order valence-corrected chi connectivity index (χ0v) is 15.7. The molecule has 0 radical (unpaired) electrons. The topological polar surface area (TPSA) is 159 Å². The van der Waals surface area contributed by atoms with E-state index in [0.717, 1.165) is 0 Å². The SMILES string of the molecule is NCC(=O)Nc1ccc2nc(N)nc(-c3ccccc3OCCCC(N)=O)c2c1. The van der Waals surface area contributed by atoms with Crippen LogP contribution in [0, 0.1) is 0 Å². The summed E-state index contributed by atoms with van der Waals surface area (Å²) in [5, 5.41) is 3.41. The molecule has 0 atom stereocenters. The maximum Gasteiger partial charge on any atom is 0.238 e. The molecule has 3 aromatic rings. The Labute approximate surface area is 167 Å². The third-order valence-electron chi connectivity index (χ3n) is 4.15. The van der Waals surface area contributed by atoms with Crippen molar-refractivity contribution in [2.45, 2.75) is 12.8 Å². The quantitative estimate of drug-likeness (QED) is 0.420. The Hall–Kier alpha value is -3.72. The fourth-order valence-electron chi connectivity index (χ4n) is 2.86. The molecule has 0 bridgehead atoms. The van der Waals surface area contributed by atoms with Gasteiger partial charge < -0.3 is 27.3 Å². The first-order chi connectivity index (χ1) is 14.0. The minimum atomic E-state index is -0.372. The number of carbonyl (C=O) groups is 2. The second kappa shape index (κ2) is 8.98. The van der Waals surface area contributed by atoms with Gasteiger partial charge >= 0.3 is 0 Å². The Bertz CT molecular complexity index is 1050. The number of para-hydroxylation sites is 1. The Morgan fingerprint density at radius 3 is 2.66 bits per heavy atom. The van der Waals surface area contributed by atoms with Crippen LogP contribution in [0.2, 0.25) is 0 Å². The Morgan fingerprint density at radius 2 is 1.90 bits per heavy atom. The van der Waals surface area contributed by atoms with Crippen LogP contribution >= 0.6 is 0 Å². The lowest BCUT2D eigenvalue weighted by Gasteiger charge is -2.14. The van der Waals surface area contributed by atoms with E-state index >= 15 is 0 Å². The average molecular weight is 394 g/mol. The van der Waals surface area contributed by atoms with Crippen LogP contribution in [-0.2, 0) is 9.59 Å². The van der Waals surface area contributed by atoms with Crippen LogP contribution in [0.4, 0.5) is 11.6 Å². The Kier molecular flexibility index (Phi) is 6.20. The number of nitrogens with zero attached hydrogens (tertiary/aromatic N) is 2. The standard InChI is InChI=1S/C20H22N6O3/c21-11-18(28)24-12-7-8-15-14(10-12)19(26-20(23)25-15)13-4-1-2-5-16(13)29-9-3-6-17(22)27/h1-2,4-5,7-8,10H,3,6,9,11,21H2,(H2,22,27)(H,24,28)(H2,23,25,26). The van der Waals surface area contributed by atoms with Crippen LogP contribution in [0.5, 0.6) is 5.75 Å². The summed E-state index contributed by atoms with van der Waals surface area (Å²) in [5.74, 6) is 0.0338. The van der Waals surface area contributed by atoms with Gasteiger partial charge in [-0.2, -0.15) is 0 Å². The molecular weight excluding hydrogens is 372 g/mol. The van der Waals surface area contributed by atoms with Crippen LogP contribution in [-0.4, -0.2) is 34.9 Å². The van der Waals surface area contributed by atoms with Crippen LogP contribution in [0.3, 0.4) is 0 Å². The predicted molar refractivity (Wildman–Crippen MR) is 111 cm³/mol. The van der Waals surface area contributed by atoms with Crippen molar-refractivity contribution in [1.82, 2.24) is 9.97 Å². The Balaban J connectivity index is 2.01. The van der Waals surface area contributed by atoms with E-state index in [0.29, 0.717) is 46.6 Å². The van der Waals surface area contributed by atoms with Crippen LogP contribution < -0.4 is 27.3 Å². The van der Waals surface area contributed by atoms with Gasteiger partial charge in [0.25, 0.3) is 0 Å². The molecule has 0 aliphatic heterocycles. The van der Waals surface area contributed by atoms with Gasteiger partial charge in [-0.3, -0.25) is 9.59 Å². The molecule has 2 aromatic carbocycles. The molecule has 1 heterocycles. The smallest absolute Gasteiger partial charge is 0.238 e. The number of anilines is 2. The maximum atomic E-state index is 11.6. The minimum absolute atomic E-state index is 0.120. The van der Waals surface area contributed by atoms with Gasteiger partial charge in [-0.1, -0.05) is 12.1 Å². The van der Waals surface area contributed by atoms with Gasteiger partial charge in [0.1, 0.15) is 5.75 Å². The van der Waals surface area contributed by atoms with Crippen molar-refractivity contribution in [3.8, 4) is 17.0 Å². The largest absolute Gasteiger partial charge is 0.493 e. The highest BCUT2D eigenvalue weighted by Gasteiger charge is 2.14. The molecule has 9 nitrogen and oxygen atoms in total. The summed E-state index contributed by atoms with van der Waals surface area (Å²) in [6.45, 7) is 0.210. The van der Waals surface area contributed by atoms with Crippen molar-refractivity contribution in [2.24, 2.45) is 11.5 Å². The molecule has 1 aromatic heterocycles. The molecular formula is C20H22N6O3. The number of amides is 2. The van der Waals surface area contributed by atoms with Crippen LogP contribution in [0.1, 0.15) is 12.8 Å². The van der Waals surface area contributed by atoms with Crippen molar-refractivity contribution in [3.05, 3.63) is 42.5 Å². The van der Waals surface area contributed by atoms with Gasteiger partial charge in [0, 0.05) is 23.1 Å². The zero-order valence-electron chi connectivity index (χ0n) is 15.7. The highest BCUT2D eigenvalue weighted by Crippen LogP contribution is 2.34. The lowest BCUT2D eigenvalue weighted by Crippen LogP contribution is -2.21. The van der Waals surface area contributed by atoms with E-state index in [4.69, 9.17) is 21.9 Å². The van der Waals surface area contributed by atoms with Crippen molar-refractivity contribution >= 4 is 34.4 Å². The molecule has 0 saturated heterocycles. The van der Waals surface area contributed by atoms with E-state index in [-0.39, 0.29) is 30.7 Å². The number of rotatable bonds is 8. The third-order valence-corrected chi connectivity index (χ3v) is 4.15. The number of aromatic nitrogens is 2. The fourth-order valence-corrected chi connectivity index (χ4v) is 2.86. The van der Waals surface area contributed by atoms with Gasteiger partial charge in [-0.05, 0) is 36.8 Å². The first kappa shape index (κ1) is 20.0. The first-order valence-electron chi connectivity index (χ1n) is 9.05. The first-order valence-corrected chi connectivity index (χ1v) is 9.05. The van der Waals surface area contributed by atoms with Crippen molar-refractivity contribution in [3.63, 3.8) is 0 Å². The molecule has 0 aliphatic rings. The molecule has 2 amide bonds. The van der Waals surface area contributed by atoms with Crippen molar-refractivity contribution in [1.29, 1.82) is 0 Å². The highest BCUT2D eigenvalue weighted by atomic mass is 16.5. The van der Waals surface area contributed by atoms with Crippen LogP contribution in [0.15, 0.2) is 42.5 Å².